The molecule has 0 bridgehead atoms. The quantitative estimate of drug-likeness (QED) is 0.708. The third-order valence-electron chi connectivity index (χ3n) is 3.09. The Morgan fingerprint density at radius 1 is 1.22 bits per heavy atom. The Morgan fingerprint density at radius 3 is 2.83 bits per heavy atom. The molecule has 0 saturated heterocycles. The second kappa shape index (κ2) is 7.06. The lowest BCUT2D eigenvalue weighted by Gasteiger charge is -2.05. The molecular formula is C16H12F2N2OS2. The number of rotatable bonds is 5. The van der Waals surface area contributed by atoms with Gasteiger partial charge in [-0.15, -0.1) is 11.3 Å². The van der Waals surface area contributed by atoms with Crippen LogP contribution in [0.25, 0.3) is 10.2 Å². The Hall–Kier alpha value is -1.99. The number of halogens is 2. The number of carbonyl (C=O) groups excluding carboxylic acids is 1. The molecule has 23 heavy (non-hydrogen) atoms. The Morgan fingerprint density at radius 2 is 2.04 bits per heavy atom. The highest BCUT2D eigenvalue weighted by Gasteiger charge is 2.09. The van der Waals surface area contributed by atoms with Gasteiger partial charge in [-0.05, 0) is 18.2 Å². The number of aromatic nitrogens is 1. The molecule has 0 unspecified atom stereocenters. The topological polar surface area (TPSA) is 42.0 Å². The molecule has 1 heterocycles. The summed E-state index contributed by atoms with van der Waals surface area (Å²) < 4.78 is 28.2. The van der Waals surface area contributed by atoms with Crippen LogP contribution < -0.4 is 5.32 Å². The summed E-state index contributed by atoms with van der Waals surface area (Å²) >= 11 is 2.87. The number of fused-ring (bicyclic) bond motifs is 1. The smallest absolute Gasteiger partial charge is 0.230 e. The second-order valence-corrected chi connectivity index (χ2v) is 7.00. The summed E-state index contributed by atoms with van der Waals surface area (Å²) in [4.78, 5) is 16.3. The number of para-hydroxylation sites is 1. The molecule has 118 valence electrons. The summed E-state index contributed by atoms with van der Waals surface area (Å²) in [5, 5.41) is 2.62. The molecule has 1 N–H and O–H groups in total. The summed E-state index contributed by atoms with van der Waals surface area (Å²) in [5.74, 6) is -1.33. The molecular weight excluding hydrogens is 338 g/mol. The summed E-state index contributed by atoms with van der Waals surface area (Å²) in [7, 11) is 0. The Labute approximate surface area is 139 Å². The molecule has 7 heteroatoms. The van der Waals surface area contributed by atoms with E-state index >= 15 is 0 Å². The predicted molar refractivity (Wildman–Crippen MR) is 88.5 cm³/mol. The first-order valence-corrected chi connectivity index (χ1v) is 8.61. The second-order valence-electron chi connectivity index (χ2n) is 4.75. The van der Waals surface area contributed by atoms with Crippen molar-refractivity contribution < 1.29 is 13.6 Å². The maximum atomic E-state index is 13.5. The van der Waals surface area contributed by atoms with Crippen LogP contribution in [-0.2, 0) is 11.3 Å². The molecule has 0 saturated carbocycles. The Kier molecular flexibility index (Phi) is 4.88. The van der Waals surface area contributed by atoms with E-state index in [9.17, 15) is 13.6 Å². The van der Waals surface area contributed by atoms with Gasteiger partial charge in [0.05, 0.1) is 16.0 Å². The van der Waals surface area contributed by atoms with Crippen LogP contribution in [0.2, 0.25) is 0 Å². The largest absolute Gasteiger partial charge is 0.351 e. The van der Waals surface area contributed by atoms with E-state index in [0.717, 1.165) is 20.6 Å². The van der Waals surface area contributed by atoms with E-state index in [-0.39, 0.29) is 23.8 Å². The maximum absolute atomic E-state index is 13.5. The predicted octanol–water partition coefficient (Wildman–Crippen LogP) is 3.98. The van der Waals surface area contributed by atoms with Crippen molar-refractivity contribution in [2.45, 2.75) is 10.9 Å². The van der Waals surface area contributed by atoms with Gasteiger partial charge in [0.1, 0.15) is 11.6 Å². The van der Waals surface area contributed by atoms with Crippen LogP contribution in [-0.4, -0.2) is 16.6 Å². The first-order valence-electron chi connectivity index (χ1n) is 6.81. The van der Waals surface area contributed by atoms with Gasteiger partial charge in [0.15, 0.2) is 4.34 Å². The molecule has 0 aliphatic rings. The van der Waals surface area contributed by atoms with Crippen molar-refractivity contribution in [1.82, 2.24) is 10.3 Å². The molecule has 3 rings (SSSR count). The number of hydrogen-bond acceptors (Lipinski definition) is 4. The molecule has 3 aromatic rings. The van der Waals surface area contributed by atoms with E-state index in [0.29, 0.717) is 0 Å². The van der Waals surface area contributed by atoms with Crippen LogP contribution in [0.1, 0.15) is 5.56 Å². The van der Waals surface area contributed by atoms with E-state index in [2.05, 4.69) is 10.3 Å². The van der Waals surface area contributed by atoms with E-state index in [1.165, 1.54) is 35.2 Å². The monoisotopic (exact) mass is 350 g/mol. The van der Waals surface area contributed by atoms with Crippen molar-refractivity contribution in [3.05, 3.63) is 59.7 Å². The third kappa shape index (κ3) is 4.05. The molecule has 2 aromatic carbocycles. The van der Waals surface area contributed by atoms with Crippen molar-refractivity contribution in [3.63, 3.8) is 0 Å². The minimum absolute atomic E-state index is 0.0331. The molecule has 0 radical (unpaired) electrons. The number of amides is 1. The number of nitrogens with zero attached hydrogens (tertiary/aromatic N) is 1. The van der Waals surface area contributed by atoms with Crippen LogP contribution in [0, 0.1) is 11.6 Å². The van der Waals surface area contributed by atoms with Crippen LogP contribution >= 0.6 is 23.1 Å². The highest BCUT2D eigenvalue weighted by Crippen LogP contribution is 2.29. The molecule has 3 nitrogen and oxygen atoms in total. The number of thiazole rings is 1. The van der Waals surface area contributed by atoms with Gasteiger partial charge in [0.25, 0.3) is 0 Å². The number of nitrogens with one attached hydrogen (secondary N) is 1. The lowest BCUT2D eigenvalue weighted by molar-refractivity contribution is -0.118. The zero-order valence-electron chi connectivity index (χ0n) is 11.9. The zero-order chi connectivity index (χ0) is 16.2. The van der Waals surface area contributed by atoms with Crippen LogP contribution in [0.15, 0.2) is 46.8 Å². The van der Waals surface area contributed by atoms with E-state index in [1.54, 1.807) is 0 Å². The SMILES string of the molecule is O=C(CSc1nc2ccccc2s1)NCc1ccc(F)cc1F. The minimum Gasteiger partial charge on any atom is -0.351 e. The van der Waals surface area contributed by atoms with Crippen molar-refractivity contribution in [1.29, 1.82) is 0 Å². The van der Waals surface area contributed by atoms with Crippen LogP contribution in [0.5, 0.6) is 0 Å². The molecule has 0 aliphatic carbocycles. The third-order valence-corrected chi connectivity index (χ3v) is 5.27. The standard InChI is InChI=1S/C16H12F2N2OS2/c17-11-6-5-10(12(18)7-11)8-19-15(21)9-22-16-20-13-3-1-2-4-14(13)23-16/h1-7H,8-9H2,(H,19,21). The van der Waals surface area contributed by atoms with Crippen molar-refractivity contribution >= 4 is 39.2 Å². The first kappa shape index (κ1) is 15.9. The van der Waals surface area contributed by atoms with Crippen LogP contribution in [0.4, 0.5) is 8.78 Å². The van der Waals surface area contributed by atoms with Gasteiger partial charge in [0.2, 0.25) is 5.91 Å². The Bertz CT molecular complexity index is 818. The van der Waals surface area contributed by atoms with Crippen molar-refractivity contribution in [2.75, 3.05) is 5.75 Å². The summed E-state index contributed by atoms with van der Waals surface area (Å²) in [5.41, 5.74) is 1.17. The average Bonchev–Trinajstić information content (AvgIpc) is 2.95. The zero-order valence-corrected chi connectivity index (χ0v) is 13.5. The normalized spacial score (nSPS) is 10.9. The van der Waals surface area contributed by atoms with Crippen LogP contribution in [0.3, 0.4) is 0 Å². The van der Waals surface area contributed by atoms with Gasteiger partial charge in [-0.2, -0.15) is 0 Å². The number of carbonyl (C=O) groups is 1. The van der Waals surface area contributed by atoms with Crippen molar-refractivity contribution in [2.24, 2.45) is 0 Å². The van der Waals surface area contributed by atoms with Gasteiger partial charge < -0.3 is 5.32 Å². The first-order chi connectivity index (χ1) is 11.1. The fourth-order valence-electron chi connectivity index (χ4n) is 1.95. The van der Waals surface area contributed by atoms with Crippen molar-refractivity contribution in [3.8, 4) is 0 Å². The highest BCUT2D eigenvalue weighted by atomic mass is 32.2. The van der Waals surface area contributed by atoms with Gasteiger partial charge >= 0.3 is 0 Å². The fourth-order valence-corrected chi connectivity index (χ4v) is 3.85. The summed E-state index contributed by atoms with van der Waals surface area (Å²) in [6.45, 7) is 0.0331. The fraction of sp³-hybridized carbons (Fsp3) is 0.125. The summed E-state index contributed by atoms with van der Waals surface area (Å²) in [6, 6.07) is 11.1. The minimum atomic E-state index is -0.663. The average molecular weight is 350 g/mol. The number of hydrogen-bond donors (Lipinski definition) is 1. The molecule has 0 fully saturated rings. The molecule has 1 aromatic heterocycles. The lowest BCUT2D eigenvalue weighted by atomic mass is 10.2. The van der Waals surface area contributed by atoms with E-state index in [4.69, 9.17) is 0 Å². The van der Waals surface area contributed by atoms with E-state index < -0.39 is 11.6 Å². The van der Waals surface area contributed by atoms with Gasteiger partial charge in [-0.1, -0.05) is 30.0 Å². The van der Waals surface area contributed by atoms with Gasteiger partial charge in [-0.3, -0.25) is 4.79 Å². The van der Waals surface area contributed by atoms with E-state index in [1.807, 2.05) is 24.3 Å². The lowest BCUT2D eigenvalue weighted by Crippen LogP contribution is -2.25. The summed E-state index contributed by atoms with van der Waals surface area (Å²) in [6.07, 6.45) is 0. The number of benzene rings is 2. The Balaban J connectivity index is 1.53. The highest BCUT2D eigenvalue weighted by molar-refractivity contribution is 8.01. The molecule has 0 atom stereocenters. The van der Waals surface area contributed by atoms with Gasteiger partial charge in [0, 0.05) is 18.2 Å². The molecule has 1 amide bonds. The number of thioether (sulfide) groups is 1. The molecule has 0 aliphatic heterocycles. The molecule has 0 spiro atoms. The maximum Gasteiger partial charge on any atom is 0.230 e. The van der Waals surface area contributed by atoms with Gasteiger partial charge in [-0.25, -0.2) is 13.8 Å².